The van der Waals surface area contributed by atoms with Gasteiger partial charge in [0.05, 0.1) is 6.54 Å². The molecule has 0 aromatic heterocycles. The number of hydrogen-bond donors (Lipinski definition) is 2. The number of likely N-dealkylation sites (tertiary alicyclic amines) is 1. The van der Waals surface area contributed by atoms with Crippen LogP contribution in [0.3, 0.4) is 0 Å². The standard InChI is InChI=1S/C10H18N2O3/c1-11-6-9(13)12-5-4-8(7-12)2-3-10(14)15/h8,11H,2-7H2,1H3,(H,14,15). The number of nitrogens with zero attached hydrogens (tertiary/aromatic N) is 1. The Kier molecular flexibility index (Phi) is 4.55. The molecule has 1 aliphatic heterocycles. The lowest BCUT2D eigenvalue weighted by molar-refractivity contribution is -0.137. The number of aliphatic carboxylic acids is 1. The molecule has 1 saturated heterocycles. The molecular formula is C10H18N2O3. The molecule has 5 heteroatoms. The van der Waals surface area contributed by atoms with Crippen molar-refractivity contribution < 1.29 is 14.7 Å². The van der Waals surface area contributed by atoms with Gasteiger partial charge in [-0.15, -0.1) is 0 Å². The minimum Gasteiger partial charge on any atom is -0.481 e. The fourth-order valence-corrected chi connectivity index (χ4v) is 1.89. The van der Waals surface area contributed by atoms with E-state index in [9.17, 15) is 9.59 Å². The molecule has 1 fully saturated rings. The first kappa shape index (κ1) is 12.0. The highest BCUT2D eigenvalue weighted by Crippen LogP contribution is 2.20. The average molecular weight is 214 g/mol. The lowest BCUT2D eigenvalue weighted by Crippen LogP contribution is -2.35. The summed E-state index contributed by atoms with van der Waals surface area (Å²) in [6, 6.07) is 0. The normalized spacial score (nSPS) is 20.6. The molecule has 1 aliphatic rings. The van der Waals surface area contributed by atoms with E-state index in [1.54, 1.807) is 7.05 Å². The Morgan fingerprint density at radius 3 is 2.87 bits per heavy atom. The molecule has 1 atom stereocenters. The molecule has 0 saturated carbocycles. The number of carbonyl (C=O) groups excluding carboxylic acids is 1. The van der Waals surface area contributed by atoms with Gasteiger partial charge in [-0.25, -0.2) is 0 Å². The van der Waals surface area contributed by atoms with Gasteiger partial charge in [-0.1, -0.05) is 0 Å². The van der Waals surface area contributed by atoms with Gasteiger partial charge >= 0.3 is 5.97 Å². The zero-order valence-electron chi connectivity index (χ0n) is 9.03. The van der Waals surface area contributed by atoms with Crippen molar-refractivity contribution in [3.8, 4) is 0 Å². The van der Waals surface area contributed by atoms with Crippen LogP contribution in [-0.2, 0) is 9.59 Å². The molecule has 1 unspecified atom stereocenters. The van der Waals surface area contributed by atoms with E-state index in [-0.39, 0.29) is 12.3 Å². The van der Waals surface area contributed by atoms with E-state index in [1.165, 1.54) is 0 Å². The maximum Gasteiger partial charge on any atom is 0.303 e. The molecule has 1 amide bonds. The summed E-state index contributed by atoms with van der Waals surface area (Å²) in [5.74, 6) is -0.285. The number of hydrogen-bond acceptors (Lipinski definition) is 3. The smallest absolute Gasteiger partial charge is 0.303 e. The Hall–Kier alpha value is -1.10. The van der Waals surface area contributed by atoms with Crippen LogP contribution < -0.4 is 5.32 Å². The van der Waals surface area contributed by atoms with Gasteiger partial charge in [0, 0.05) is 19.5 Å². The predicted molar refractivity (Wildman–Crippen MR) is 55.5 cm³/mol. The summed E-state index contributed by atoms with van der Waals surface area (Å²) in [6.07, 6.45) is 1.82. The minimum absolute atomic E-state index is 0.107. The molecule has 0 aliphatic carbocycles. The van der Waals surface area contributed by atoms with E-state index < -0.39 is 5.97 Å². The van der Waals surface area contributed by atoms with Crippen LogP contribution in [0.4, 0.5) is 0 Å². The molecule has 0 aromatic carbocycles. The molecule has 2 N–H and O–H groups in total. The number of carboxylic acid groups (broad SMARTS) is 1. The molecule has 0 radical (unpaired) electrons. The van der Waals surface area contributed by atoms with Crippen LogP contribution in [0.15, 0.2) is 0 Å². The quantitative estimate of drug-likeness (QED) is 0.671. The fraction of sp³-hybridized carbons (Fsp3) is 0.800. The van der Waals surface area contributed by atoms with Gasteiger partial charge in [0.25, 0.3) is 0 Å². The highest BCUT2D eigenvalue weighted by Gasteiger charge is 2.25. The van der Waals surface area contributed by atoms with Crippen molar-refractivity contribution >= 4 is 11.9 Å². The van der Waals surface area contributed by atoms with E-state index >= 15 is 0 Å². The number of likely N-dealkylation sites (N-methyl/N-ethyl adjacent to an activating group) is 1. The summed E-state index contributed by atoms with van der Waals surface area (Å²) >= 11 is 0. The third-order valence-corrected chi connectivity index (χ3v) is 2.73. The maximum atomic E-state index is 11.5. The highest BCUT2D eigenvalue weighted by molar-refractivity contribution is 5.78. The second-order valence-electron chi connectivity index (χ2n) is 3.96. The third-order valence-electron chi connectivity index (χ3n) is 2.73. The second kappa shape index (κ2) is 5.70. The molecule has 1 heterocycles. The van der Waals surface area contributed by atoms with Crippen molar-refractivity contribution in [2.45, 2.75) is 19.3 Å². The van der Waals surface area contributed by atoms with E-state index in [0.29, 0.717) is 25.4 Å². The number of nitrogens with one attached hydrogen (secondary N) is 1. The van der Waals surface area contributed by atoms with Gasteiger partial charge in [0.1, 0.15) is 0 Å². The van der Waals surface area contributed by atoms with Crippen LogP contribution in [0.2, 0.25) is 0 Å². The van der Waals surface area contributed by atoms with E-state index in [2.05, 4.69) is 5.32 Å². The third kappa shape index (κ3) is 3.87. The average Bonchev–Trinajstić information content (AvgIpc) is 2.63. The van der Waals surface area contributed by atoms with Crippen molar-refractivity contribution in [3.05, 3.63) is 0 Å². The van der Waals surface area contributed by atoms with Crippen LogP contribution in [0.1, 0.15) is 19.3 Å². The van der Waals surface area contributed by atoms with Gasteiger partial charge < -0.3 is 15.3 Å². The van der Waals surface area contributed by atoms with Gasteiger partial charge in [-0.3, -0.25) is 9.59 Å². The van der Waals surface area contributed by atoms with E-state index in [1.807, 2.05) is 4.90 Å². The number of carbonyl (C=O) groups is 2. The lowest BCUT2D eigenvalue weighted by Gasteiger charge is -2.15. The summed E-state index contributed by atoms with van der Waals surface area (Å²) < 4.78 is 0. The SMILES string of the molecule is CNCC(=O)N1CCC(CCC(=O)O)C1. The topological polar surface area (TPSA) is 69.6 Å². The van der Waals surface area contributed by atoms with Crippen LogP contribution in [0.25, 0.3) is 0 Å². The first-order chi connectivity index (χ1) is 7.13. The summed E-state index contributed by atoms with van der Waals surface area (Å²) in [5.41, 5.74) is 0. The van der Waals surface area contributed by atoms with Crippen LogP contribution in [-0.4, -0.2) is 48.6 Å². The maximum absolute atomic E-state index is 11.5. The van der Waals surface area contributed by atoms with Crippen LogP contribution >= 0.6 is 0 Å². The Morgan fingerprint density at radius 1 is 1.53 bits per heavy atom. The van der Waals surface area contributed by atoms with Gasteiger partial charge in [0.2, 0.25) is 5.91 Å². The van der Waals surface area contributed by atoms with Crippen molar-refractivity contribution in [2.24, 2.45) is 5.92 Å². The Morgan fingerprint density at radius 2 is 2.27 bits per heavy atom. The van der Waals surface area contributed by atoms with Crippen LogP contribution in [0.5, 0.6) is 0 Å². The highest BCUT2D eigenvalue weighted by atomic mass is 16.4. The van der Waals surface area contributed by atoms with Gasteiger partial charge in [0.15, 0.2) is 0 Å². The molecule has 0 bridgehead atoms. The zero-order valence-corrected chi connectivity index (χ0v) is 9.03. The zero-order chi connectivity index (χ0) is 11.3. The minimum atomic E-state index is -0.755. The molecule has 1 rings (SSSR count). The predicted octanol–water partition coefficient (Wildman–Crippen LogP) is -0.0809. The first-order valence-electron chi connectivity index (χ1n) is 5.27. The van der Waals surface area contributed by atoms with E-state index in [4.69, 9.17) is 5.11 Å². The number of amides is 1. The summed E-state index contributed by atoms with van der Waals surface area (Å²) in [5, 5.41) is 11.4. The summed E-state index contributed by atoms with van der Waals surface area (Å²) in [7, 11) is 1.75. The Labute approximate surface area is 89.4 Å². The first-order valence-corrected chi connectivity index (χ1v) is 5.27. The molecule has 15 heavy (non-hydrogen) atoms. The van der Waals surface area contributed by atoms with Crippen molar-refractivity contribution in [2.75, 3.05) is 26.7 Å². The Balaban J connectivity index is 2.26. The molecule has 5 nitrogen and oxygen atoms in total. The second-order valence-corrected chi connectivity index (χ2v) is 3.96. The molecule has 0 aromatic rings. The summed E-state index contributed by atoms with van der Waals surface area (Å²) in [4.78, 5) is 23.7. The molecule has 0 spiro atoms. The fourth-order valence-electron chi connectivity index (χ4n) is 1.89. The number of rotatable bonds is 5. The molecular weight excluding hydrogens is 196 g/mol. The van der Waals surface area contributed by atoms with Gasteiger partial charge in [-0.05, 0) is 25.8 Å². The van der Waals surface area contributed by atoms with E-state index in [0.717, 1.165) is 13.0 Å². The Bertz CT molecular complexity index is 243. The molecule has 86 valence electrons. The van der Waals surface area contributed by atoms with Crippen molar-refractivity contribution in [1.82, 2.24) is 10.2 Å². The van der Waals surface area contributed by atoms with Crippen molar-refractivity contribution in [1.29, 1.82) is 0 Å². The lowest BCUT2D eigenvalue weighted by atomic mass is 10.0. The van der Waals surface area contributed by atoms with Crippen LogP contribution in [0, 0.1) is 5.92 Å². The number of carboxylic acids is 1. The van der Waals surface area contributed by atoms with Gasteiger partial charge in [-0.2, -0.15) is 0 Å². The summed E-state index contributed by atoms with van der Waals surface area (Å²) in [6.45, 7) is 1.85. The largest absolute Gasteiger partial charge is 0.481 e. The monoisotopic (exact) mass is 214 g/mol. The van der Waals surface area contributed by atoms with Crippen molar-refractivity contribution in [3.63, 3.8) is 0 Å².